The number of nitrogens with zero attached hydrogens (tertiary/aromatic N) is 1. The quantitative estimate of drug-likeness (QED) is 0.859. The molecule has 1 aromatic rings. The van der Waals surface area contributed by atoms with Crippen LogP contribution in [-0.2, 0) is 4.74 Å². The van der Waals surface area contributed by atoms with Crippen molar-refractivity contribution in [2.45, 2.75) is 31.1 Å². The summed E-state index contributed by atoms with van der Waals surface area (Å²) in [6.45, 7) is 4.09. The lowest BCUT2D eigenvalue weighted by molar-refractivity contribution is -0.0476. The summed E-state index contributed by atoms with van der Waals surface area (Å²) in [6, 6.07) is 6.72. The van der Waals surface area contributed by atoms with E-state index < -0.39 is 6.10 Å². The summed E-state index contributed by atoms with van der Waals surface area (Å²) in [5.41, 5.74) is 0.603. The fourth-order valence-electron chi connectivity index (χ4n) is 3.22. The van der Waals surface area contributed by atoms with Gasteiger partial charge < -0.3 is 15.2 Å². The molecule has 5 heteroatoms. The van der Waals surface area contributed by atoms with Gasteiger partial charge in [0.1, 0.15) is 5.82 Å². The largest absolute Gasteiger partial charge is 0.387 e. The Labute approximate surface area is 124 Å². The van der Waals surface area contributed by atoms with Gasteiger partial charge in [-0.3, -0.25) is 4.90 Å². The third-order valence-electron chi connectivity index (χ3n) is 4.40. The molecule has 0 aromatic heterocycles. The first kappa shape index (κ1) is 14.9. The molecule has 3 unspecified atom stereocenters. The van der Waals surface area contributed by atoms with E-state index >= 15 is 0 Å². The molecule has 2 aliphatic rings. The first-order chi connectivity index (χ1) is 10.2. The number of ether oxygens (including phenoxy) is 1. The summed E-state index contributed by atoms with van der Waals surface area (Å²) in [6.07, 6.45) is 2.01. The first-order valence-corrected chi connectivity index (χ1v) is 7.72. The molecule has 21 heavy (non-hydrogen) atoms. The van der Waals surface area contributed by atoms with Crippen LogP contribution in [-0.4, -0.2) is 54.9 Å². The Hall–Kier alpha value is -1.01. The van der Waals surface area contributed by atoms with Crippen molar-refractivity contribution in [1.29, 1.82) is 0 Å². The number of morpholine rings is 1. The molecule has 3 atom stereocenters. The summed E-state index contributed by atoms with van der Waals surface area (Å²) in [4.78, 5) is 2.50. The van der Waals surface area contributed by atoms with Crippen molar-refractivity contribution < 1.29 is 14.2 Å². The Morgan fingerprint density at radius 3 is 3.24 bits per heavy atom. The van der Waals surface area contributed by atoms with Gasteiger partial charge in [0.15, 0.2) is 0 Å². The average Bonchev–Trinajstić information content (AvgIpc) is 2.94. The van der Waals surface area contributed by atoms with Gasteiger partial charge in [0.05, 0.1) is 18.8 Å². The van der Waals surface area contributed by atoms with Crippen LogP contribution < -0.4 is 5.32 Å². The van der Waals surface area contributed by atoms with E-state index in [0.717, 1.165) is 19.7 Å². The normalized spacial score (nSPS) is 27.5. The van der Waals surface area contributed by atoms with Crippen molar-refractivity contribution in [2.24, 2.45) is 0 Å². The van der Waals surface area contributed by atoms with Crippen LogP contribution in [0.3, 0.4) is 0 Å². The van der Waals surface area contributed by atoms with Crippen LogP contribution in [0, 0.1) is 5.82 Å². The number of hydrogen-bond acceptors (Lipinski definition) is 4. The number of aliphatic hydroxyl groups excluding tert-OH is 1. The van der Waals surface area contributed by atoms with E-state index in [-0.39, 0.29) is 11.9 Å². The van der Waals surface area contributed by atoms with E-state index in [2.05, 4.69) is 10.2 Å². The highest BCUT2D eigenvalue weighted by Gasteiger charge is 2.31. The molecule has 4 nitrogen and oxygen atoms in total. The third-order valence-corrected chi connectivity index (χ3v) is 4.40. The SMILES string of the molecule is OC(CNCC1CN2CCCC2CO1)c1cccc(F)c1. The number of halogens is 1. The first-order valence-electron chi connectivity index (χ1n) is 7.72. The van der Waals surface area contributed by atoms with Crippen LogP contribution in [0.1, 0.15) is 24.5 Å². The molecule has 0 aliphatic carbocycles. The van der Waals surface area contributed by atoms with Gasteiger partial charge in [0, 0.05) is 25.7 Å². The molecular weight excluding hydrogens is 271 g/mol. The molecule has 2 heterocycles. The number of aliphatic hydroxyl groups is 1. The van der Waals surface area contributed by atoms with E-state index in [1.807, 2.05) is 0 Å². The van der Waals surface area contributed by atoms with Crippen LogP contribution in [0.5, 0.6) is 0 Å². The minimum absolute atomic E-state index is 0.180. The maximum absolute atomic E-state index is 13.1. The molecule has 116 valence electrons. The minimum Gasteiger partial charge on any atom is -0.387 e. The molecule has 0 bridgehead atoms. The Morgan fingerprint density at radius 2 is 2.38 bits per heavy atom. The molecular formula is C16H23FN2O2. The van der Waals surface area contributed by atoms with Gasteiger partial charge in [-0.15, -0.1) is 0 Å². The predicted octanol–water partition coefficient (Wildman–Crippen LogP) is 1.31. The smallest absolute Gasteiger partial charge is 0.123 e. The molecule has 3 rings (SSSR count). The molecule has 0 spiro atoms. The molecule has 2 N–H and O–H groups in total. The van der Waals surface area contributed by atoms with Crippen LogP contribution in [0.25, 0.3) is 0 Å². The number of rotatable bonds is 5. The van der Waals surface area contributed by atoms with Gasteiger partial charge >= 0.3 is 0 Å². The fourth-order valence-corrected chi connectivity index (χ4v) is 3.22. The predicted molar refractivity (Wildman–Crippen MR) is 78.6 cm³/mol. The maximum Gasteiger partial charge on any atom is 0.123 e. The highest BCUT2D eigenvalue weighted by atomic mass is 19.1. The molecule has 0 radical (unpaired) electrons. The lowest BCUT2D eigenvalue weighted by atomic mass is 10.1. The Kier molecular flexibility index (Phi) is 4.85. The van der Waals surface area contributed by atoms with E-state index in [4.69, 9.17) is 4.74 Å². The maximum atomic E-state index is 13.1. The standard InChI is InChI=1S/C16H23FN2O2/c17-13-4-1-3-12(7-13)16(20)9-18-8-15-10-19-6-2-5-14(19)11-21-15/h1,3-4,7,14-16,18,20H,2,5-6,8-11H2. The summed E-state index contributed by atoms with van der Waals surface area (Å²) in [7, 11) is 0. The van der Waals surface area contributed by atoms with Crippen molar-refractivity contribution in [3.63, 3.8) is 0 Å². The van der Waals surface area contributed by atoms with E-state index in [9.17, 15) is 9.50 Å². The zero-order valence-electron chi connectivity index (χ0n) is 12.2. The second-order valence-electron chi connectivity index (χ2n) is 5.98. The number of hydrogen-bond donors (Lipinski definition) is 2. The molecule has 2 fully saturated rings. The van der Waals surface area contributed by atoms with Crippen LogP contribution in [0.2, 0.25) is 0 Å². The topological polar surface area (TPSA) is 44.7 Å². The van der Waals surface area contributed by atoms with Gasteiger partial charge in [-0.25, -0.2) is 4.39 Å². The molecule has 0 saturated carbocycles. The molecule has 0 amide bonds. The van der Waals surface area contributed by atoms with Crippen LogP contribution in [0.4, 0.5) is 4.39 Å². The van der Waals surface area contributed by atoms with E-state index in [1.165, 1.54) is 31.5 Å². The zero-order chi connectivity index (χ0) is 14.7. The monoisotopic (exact) mass is 294 g/mol. The van der Waals surface area contributed by atoms with Crippen molar-refractivity contribution in [3.8, 4) is 0 Å². The number of fused-ring (bicyclic) bond motifs is 1. The third kappa shape index (κ3) is 3.80. The summed E-state index contributed by atoms with van der Waals surface area (Å²) < 4.78 is 19.0. The second kappa shape index (κ2) is 6.83. The summed E-state index contributed by atoms with van der Waals surface area (Å²) in [5, 5.41) is 13.3. The van der Waals surface area contributed by atoms with Gasteiger partial charge in [-0.1, -0.05) is 12.1 Å². The van der Waals surface area contributed by atoms with Crippen molar-refractivity contribution in [1.82, 2.24) is 10.2 Å². The van der Waals surface area contributed by atoms with Crippen LogP contribution in [0.15, 0.2) is 24.3 Å². The van der Waals surface area contributed by atoms with Crippen LogP contribution >= 0.6 is 0 Å². The average molecular weight is 294 g/mol. The lowest BCUT2D eigenvalue weighted by Crippen LogP contribution is -2.49. The Morgan fingerprint density at radius 1 is 1.48 bits per heavy atom. The van der Waals surface area contributed by atoms with Gasteiger partial charge in [0.25, 0.3) is 0 Å². The Bertz CT molecular complexity index is 471. The van der Waals surface area contributed by atoms with Crippen molar-refractivity contribution >= 4 is 0 Å². The number of benzene rings is 1. The van der Waals surface area contributed by atoms with Gasteiger partial charge in [-0.05, 0) is 37.1 Å². The molecule has 1 aromatic carbocycles. The molecule has 2 aliphatic heterocycles. The highest BCUT2D eigenvalue weighted by molar-refractivity contribution is 5.18. The lowest BCUT2D eigenvalue weighted by Gasteiger charge is -2.35. The Balaban J connectivity index is 1.41. The highest BCUT2D eigenvalue weighted by Crippen LogP contribution is 2.22. The fraction of sp³-hybridized carbons (Fsp3) is 0.625. The second-order valence-corrected chi connectivity index (χ2v) is 5.98. The van der Waals surface area contributed by atoms with Gasteiger partial charge in [-0.2, -0.15) is 0 Å². The minimum atomic E-state index is -0.691. The van der Waals surface area contributed by atoms with Crippen molar-refractivity contribution in [2.75, 3.05) is 32.8 Å². The summed E-state index contributed by atoms with van der Waals surface area (Å²) >= 11 is 0. The number of nitrogens with one attached hydrogen (secondary N) is 1. The van der Waals surface area contributed by atoms with Crippen molar-refractivity contribution in [3.05, 3.63) is 35.6 Å². The van der Waals surface area contributed by atoms with E-state index in [1.54, 1.807) is 12.1 Å². The molecule has 2 saturated heterocycles. The summed E-state index contributed by atoms with van der Waals surface area (Å²) in [5.74, 6) is -0.317. The van der Waals surface area contributed by atoms with Gasteiger partial charge in [0.2, 0.25) is 0 Å². The zero-order valence-corrected chi connectivity index (χ0v) is 12.2. The van der Waals surface area contributed by atoms with E-state index in [0.29, 0.717) is 18.2 Å².